The standard InChI is InChI=1S/C13H20.C10H14O.C7H9N.C5H10O.C2H6/c1-10(2)11-6-8-12(9-7-11)13(3,4)5;1-3-4-9-5-7-10(11-2)8-6-9;1-2-7-3-5-8-6-4-7;1-5(2,3)4-6;1-2/h6-10H,1-5H3;5-8H,3-4H2,1-2H3;3-6H,2H2,1H3;4H,1-3H3;1-2H3. The van der Waals surface area contributed by atoms with Gasteiger partial charge in [0.2, 0.25) is 0 Å². The minimum absolute atomic E-state index is 0.139. The third-order valence-electron chi connectivity index (χ3n) is 5.65. The van der Waals surface area contributed by atoms with Crippen LogP contribution in [0.2, 0.25) is 0 Å². The number of benzene rings is 2. The summed E-state index contributed by atoms with van der Waals surface area (Å²) in [5, 5.41) is 0. The summed E-state index contributed by atoms with van der Waals surface area (Å²) in [4.78, 5) is 13.7. The number of aromatic nitrogens is 1. The number of rotatable bonds is 5. The molecule has 0 aliphatic carbocycles. The molecule has 0 N–H and O–H groups in total. The van der Waals surface area contributed by atoms with Gasteiger partial charge in [0.25, 0.3) is 0 Å². The van der Waals surface area contributed by atoms with E-state index in [1.165, 1.54) is 28.7 Å². The van der Waals surface area contributed by atoms with Gasteiger partial charge in [-0.15, -0.1) is 0 Å². The molecule has 0 radical (unpaired) electrons. The van der Waals surface area contributed by atoms with E-state index in [1.54, 1.807) is 7.11 Å². The molecule has 3 rings (SSSR count). The summed E-state index contributed by atoms with van der Waals surface area (Å²) in [6, 6.07) is 21.3. The highest BCUT2D eigenvalue weighted by Crippen LogP contribution is 2.24. The first-order chi connectivity index (χ1) is 18.8. The van der Waals surface area contributed by atoms with Crippen molar-refractivity contribution in [1.29, 1.82) is 0 Å². The van der Waals surface area contributed by atoms with Crippen molar-refractivity contribution in [3.63, 3.8) is 0 Å². The van der Waals surface area contributed by atoms with E-state index < -0.39 is 0 Å². The van der Waals surface area contributed by atoms with Crippen molar-refractivity contribution in [3.05, 3.63) is 95.3 Å². The highest BCUT2D eigenvalue weighted by atomic mass is 16.5. The topological polar surface area (TPSA) is 39.2 Å². The van der Waals surface area contributed by atoms with E-state index >= 15 is 0 Å². The number of nitrogens with zero attached hydrogens (tertiary/aromatic N) is 1. The van der Waals surface area contributed by atoms with Crippen LogP contribution in [0.1, 0.15) is 118 Å². The number of methoxy groups -OCH3 is 1. The van der Waals surface area contributed by atoms with Crippen molar-refractivity contribution in [2.45, 2.75) is 114 Å². The van der Waals surface area contributed by atoms with E-state index in [0.29, 0.717) is 5.92 Å². The van der Waals surface area contributed by atoms with Crippen LogP contribution in [0.5, 0.6) is 5.75 Å². The Kier molecular flexibility index (Phi) is 21.4. The van der Waals surface area contributed by atoms with Gasteiger partial charge < -0.3 is 9.53 Å². The summed E-state index contributed by atoms with van der Waals surface area (Å²) < 4.78 is 5.05. The second-order valence-corrected chi connectivity index (χ2v) is 11.8. The minimum atomic E-state index is -0.139. The average Bonchev–Trinajstić information content (AvgIpc) is 2.95. The first-order valence-corrected chi connectivity index (χ1v) is 14.9. The van der Waals surface area contributed by atoms with E-state index in [-0.39, 0.29) is 10.8 Å². The molecule has 0 saturated carbocycles. The van der Waals surface area contributed by atoms with Gasteiger partial charge in [-0.2, -0.15) is 0 Å². The zero-order chi connectivity index (χ0) is 31.2. The lowest BCUT2D eigenvalue weighted by Gasteiger charge is -2.19. The van der Waals surface area contributed by atoms with Crippen molar-refractivity contribution in [2.75, 3.05) is 7.11 Å². The Balaban J connectivity index is 0. The zero-order valence-electron chi connectivity index (χ0n) is 28.0. The molecule has 0 atom stereocenters. The molecule has 0 bridgehead atoms. The summed E-state index contributed by atoms with van der Waals surface area (Å²) in [5.41, 5.74) is 5.70. The Morgan fingerprint density at radius 1 is 0.775 bits per heavy atom. The van der Waals surface area contributed by atoms with Gasteiger partial charge in [0.15, 0.2) is 0 Å². The zero-order valence-corrected chi connectivity index (χ0v) is 28.0. The summed E-state index contributed by atoms with van der Waals surface area (Å²) >= 11 is 0. The predicted molar refractivity (Wildman–Crippen MR) is 177 cm³/mol. The van der Waals surface area contributed by atoms with Gasteiger partial charge in [-0.05, 0) is 70.7 Å². The second-order valence-electron chi connectivity index (χ2n) is 11.8. The SMILES string of the molecule is CC.CC(C)(C)C=O.CC(C)c1ccc(C(C)(C)C)cc1.CCCc1ccc(OC)cc1.CCc1ccncc1. The molecule has 0 unspecified atom stereocenters. The molecule has 3 aromatic rings. The maximum Gasteiger partial charge on any atom is 0.125 e. The Bertz CT molecular complexity index is 978. The number of aldehydes is 1. The molecule has 224 valence electrons. The van der Waals surface area contributed by atoms with E-state index in [9.17, 15) is 4.79 Å². The molecule has 0 amide bonds. The number of carbonyl (C=O) groups is 1. The normalized spacial score (nSPS) is 10.2. The number of carbonyl (C=O) groups excluding carboxylic acids is 1. The molecule has 0 aliphatic rings. The summed E-state index contributed by atoms with van der Waals surface area (Å²) in [7, 11) is 1.69. The van der Waals surface area contributed by atoms with Crippen LogP contribution in [0.25, 0.3) is 0 Å². The highest BCUT2D eigenvalue weighted by molar-refractivity contribution is 5.56. The molecule has 3 heteroatoms. The van der Waals surface area contributed by atoms with Crippen LogP contribution in [0.15, 0.2) is 73.1 Å². The molecule has 0 spiro atoms. The number of aryl methyl sites for hydroxylation is 2. The fraction of sp³-hybridized carbons (Fsp3) is 0.514. The van der Waals surface area contributed by atoms with Crippen molar-refractivity contribution in [3.8, 4) is 5.75 Å². The van der Waals surface area contributed by atoms with Crippen molar-refractivity contribution >= 4 is 6.29 Å². The van der Waals surface area contributed by atoms with Crippen LogP contribution in [0.3, 0.4) is 0 Å². The Morgan fingerprint density at radius 3 is 1.55 bits per heavy atom. The number of pyridine rings is 1. The molecule has 0 aliphatic heterocycles. The lowest BCUT2D eigenvalue weighted by molar-refractivity contribution is -0.113. The molecule has 0 saturated heterocycles. The monoisotopic (exact) mass is 549 g/mol. The average molecular weight is 550 g/mol. The van der Waals surface area contributed by atoms with E-state index in [4.69, 9.17) is 4.74 Å². The number of hydrogen-bond donors (Lipinski definition) is 0. The smallest absolute Gasteiger partial charge is 0.125 e. The van der Waals surface area contributed by atoms with Gasteiger partial charge in [-0.25, -0.2) is 0 Å². The van der Waals surface area contributed by atoms with E-state index in [2.05, 4.69) is 89.8 Å². The Morgan fingerprint density at radius 2 is 1.25 bits per heavy atom. The highest BCUT2D eigenvalue weighted by Gasteiger charge is 2.13. The maximum absolute atomic E-state index is 9.83. The van der Waals surface area contributed by atoms with Crippen molar-refractivity contribution in [2.24, 2.45) is 5.41 Å². The summed E-state index contributed by atoms with van der Waals surface area (Å²) in [5.74, 6) is 1.57. The van der Waals surface area contributed by atoms with Crippen molar-refractivity contribution in [1.82, 2.24) is 4.98 Å². The van der Waals surface area contributed by atoms with Crippen LogP contribution in [0.4, 0.5) is 0 Å². The molecular formula is C37H59NO2. The third-order valence-corrected chi connectivity index (χ3v) is 5.65. The molecule has 1 heterocycles. The molecule has 2 aromatic carbocycles. The van der Waals surface area contributed by atoms with Crippen LogP contribution in [-0.2, 0) is 23.1 Å². The van der Waals surface area contributed by atoms with Crippen LogP contribution < -0.4 is 4.74 Å². The molecular weight excluding hydrogens is 490 g/mol. The minimum Gasteiger partial charge on any atom is -0.497 e. The fourth-order valence-corrected chi connectivity index (χ4v) is 3.07. The quantitative estimate of drug-likeness (QED) is 0.297. The molecule has 1 aromatic heterocycles. The van der Waals surface area contributed by atoms with E-state index in [1.807, 2.05) is 71.3 Å². The Hall–Kier alpha value is -2.94. The maximum atomic E-state index is 9.83. The van der Waals surface area contributed by atoms with E-state index in [0.717, 1.165) is 24.9 Å². The van der Waals surface area contributed by atoms with Gasteiger partial charge >= 0.3 is 0 Å². The third kappa shape index (κ3) is 20.0. The number of ether oxygens (including phenoxy) is 1. The van der Waals surface area contributed by atoms with Gasteiger partial charge in [0.05, 0.1) is 7.11 Å². The van der Waals surface area contributed by atoms with Crippen LogP contribution in [-0.4, -0.2) is 18.4 Å². The first kappa shape index (κ1) is 39.2. The molecule has 40 heavy (non-hydrogen) atoms. The molecule has 3 nitrogen and oxygen atoms in total. The predicted octanol–water partition coefficient (Wildman–Crippen LogP) is 10.7. The van der Waals surface area contributed by atoms with Gasteiger partial charge in [0, 0.05) is 17.8 Å². The lowest BCUT2D eigenvalue weighted by atomic mass is 9.86. The lowest BCUT2D eigenvalue weighted by Crippen LogP contribution is -2.10. The Labute approximate surface area is 247 Å². The van der Waals surface area contributed by atoms with Gasteiger partial charge in [0.1, 0.15) is 12.0 Å². The van der Waals surface area contributed by atoms with Crippen molar-refractivity contribution < 1.29 is 9.53 Å². The van der Waals surface area contributed by atoms with Crippen LogP contribution in [0, 0.1) is 5.41 Å². The molecule has 0 fully saturated rings. The first-order valence-electron chi connectivity index (χ1n) is 14.9. The largest absolute Gasteiger partial charge is 0.497 e. The summed E-state index contributed by atoms with van der Waals surface area (Å²) in [6.07, 6.45) is 8.03. The van der Waals surface area contributed by atoms with Gasteiger partial charge in [-0.3, -0.25) is 4.98 Å². The number of hydrogen-bond acceptors (Lipinski definition) is 3. The second kappa shape index (κ2) is 21.8. The van der Waals surface area contributed by atoms with Gasteiger partial charge in [-0.1, -0.05) is 126 Å². The summed E-state index contributed by atoms with van der Waals surface area (Å²) in [6.45, 7) is 25.1. The fourth-order valence-electron chi connectivity index (χ4n) is 3.07. The van der Waals surface area contributed by atoms with Crippen LogP contribution >= 0.6 is 0 Å².